The summed E-state index contributed by atoms with van der Waals surface area (Å²) < 4.78 is 0. The fraction of sp³-hybridized carbons (Fsp3) is 0.0741. The summed E-state index contributed by atoms with van der Waals surface area (Å²) >= 11 is 0. The molecule has 3 nitrogen and oxygen atoms in total. The molecule has 0 atom stereocenters. The highest BCUT2D eigenvalue weighted by Gasteiger charge is 2.12. The first-order valence-electron chi connectivity index (χ1n) is 10.0. The molecule has 4 aromatic rings. The van der Waals surface area contributed by atoms with Gasteiger partial charge in [0.05, 0.1) is 0 Å². The molecule has 146 valence electrons. The molecule has 0 aliphatic heterocycles. The van der Waals surface area contributed by atoms with E-state index in [1.807, 2.05) is 80.6 Å². The van der Waals surface area contributed by atoms with Crippen molar-refractivity contribution in [1.29, 1.82) is 0 Å². The topological polar surface area (TPSA) is 38.7 Å². The third-order valence-electron chi connectivity index (χ3n) is 4.83. The molecule has 1 heterocycles. The van der Waals surface area contributed by atoms with Crippen molar-refractivity contribution in [1.82, 2.24) is 15.0 Å². The Bertz CT molecular complexity index is 1180. The minimum absolute atomic E-state index is 0.669. The van der Waals surface area contributed by atoms with Gasteiger partial charge in [0.2, 0.25) is 0 Å². The predicted molar refractivity (Wildman–Crippen MR) is 125 cm³/mol. The number of aromatic nitrogens is 3. The average Bonchev–Trinajstić information content (AvgIpc) is 2.83. The molecule has 0 unspecified atom stereocenters. The van der Waals surface area contributed by atoms with Gasteiger partial charge in [-0.25, -0.2) is 15.0 Å². The van der Waals surface area contributed by atoms with Crippen LogP contribution in [0.2, 0.25) is 0 Å². The van der Waals surface area contributed by atoms with Crippen LogP contribution >= 0.6 is 0 Å². The highest BCUT2D eigenvalue weighted by atomic mass is 15.0. The Morgan fingerprint density at radius 2 is 1.03 bits per heavy atom. The van der Waals surface area contributed by atoms with Gasteiger partial charge in [0.1, 0.15) is 0 Å². The minimum Gasteiger partial charge on any atom is -0.208 e. The van der Waals surface area contributed by atoms with E-state index in [1.165, 1.54) is 11.1 Å². The molecule has 1 aromatic heterocycles. The van der Waals surface area contributed by atoms with E-state index in [-0.39, 0.29) is 0 Å². The Kier molecular flexibility index (Phi) is 5.90. The second-order valence-electron chi connectivity index (χ2n) is 6.86. The van der Waals surface area contributed by atoms with Gasteiger partial charge in [-0.15, -0.1) is 0 Å². The van der Waals surface area contributed by atoms with Gasteiger partial charge in [-0.2, -0.15) is 0 Å². The first-order valence-corrected chi connectivity index (χ1v) is 10.0. The summed E-state index contributed by atoms with van der Waals surface area (Å²) in [5, 5.41) is 0. The molecule has 0 fully saturated rings. The summed E-state index contributed by atoms with van der Waals surface area (Å²) in [6.45, 7) is 3.99. The lowest BCUT2D eigenvalue weighted by Crippen LogP contribution is -2.02. The third-order valence-corrected chi connectivity index (χ3v) is 4.83. The van der Waals surface area contributed by atoms with Crippen molar-refractivity contribution in [2.24, 2.45) is 0 Å². The Morgan fingerprint density at radius 3 is 1.57 bits per heavy atom. The van der Waals surface area contributed by atoms with Crippen LogP contribution in [0, 0.1) is 0 Å². The van der Waals surface area contributed by atoms with E-state index in [9.17, 15) is 0 Å². The van der Waals surface area contributed by atoms with E-state index in [0.29, 0.717) is 17.5 Å². The number of benzene rings is 3. The van der Waals surface area contributed by atoms with Crippen molar-refractivity contribution in [2.45, 2.75) is 13.8 Å². The lowest BCUT2D eigenvalue weighted by atomic mass is 10.0. The van der Waals surface area contributed by atoms with E-state index < -0.39 is 0 Å². The summed E-state index contributed by atoms with van der Waals surface area (Å²) in [5.41, 5.74) is 5.26. The molecule has 3 heteroatoms. The van der Waals surface area contributed by atoms with Crippen molar-refractivity contribution < 1.29 is 0 Å². The van der Waals surface area contributed by atoms with E-state index in [0.717, 1.165) is 16.7 Å². The molecule has 0 N–H and O–H groups in total. The number of allylic oxidation sites excluding steroid dienone is 4. The maximum Gasteiger partial charge on any atom is 0.164 e. The predicted octanol–water partition coefficient (Wildman–Crippen LogP) is 6.85. The lowest BCUT2D eigenvalue weighted by Gasteiger charge is -2.09. The molecule has 0 spiro atoms. The third kappa shape index (κ3) is 4.26. The number of nitrogens with zero attached hydrogens (tertiary/aromatic N) is 3. The largest absolute Gasteiger partial charge is 0.208 e. The fourth-order valence-electron chi connectivity index (χ4n) is 3.27. The number of rotatable bonds is 5. The first-order chi connectivity index (χ1) is 14.8. The van der Waals surface area contributed by atoms with Crippen molar-refractivity contribution in [3.63, 3.8) is 0 Å². The van der Waals surface area contributed by atoms with Crippen molar-refractivity contribution in [2.75, 3.05) is 0 Å². The summed E-state index contributed by atoms with van der Waals surface area (Å²) in [6.07, 6.45) is 6.04. The second-order valence-corrected chi connectivity index (χ2v) is 6.86. The van der Waals surface area contributed by atoms with Crippen LogP contribution in [0.5, 0.6) is 0 Å². The van der Waals surface area contributed by atoms with E-state index in [2.05, 4.69) is 36.4 Å². The molecular formula is C27H23N3. The summed E-state index contributed by atoms with van der Waals surface area (Å²) in [7, 11) is 0. The quantitative estimate of drug-likeness (QED) is 0.350. The van der Waals surface area contributed by atoms with E-state index in [4.69, 9.17) is 15.0 Å². The zero-order valence-corrected chi connectivity index (χ0v) is 17.2. The molecule has 0 aliphatic carbocycles. The fourth-order valence-corrected chi connectivity index (χ4v) is 3.27. The monoisotopic (exact) mass is 389 g/mol. The van der Waals surface area contributed by atoms with Crippen LogP contribution in [0.3, 0.4) is 0 Å². The molecular weight excluding hydrogens is 366 g/mol. The highest BCUT2D eigenvalue weighted by molar-refractivity contribution is 5.73. The molecule has 4 rings (SSSR count). The van der Waals surface area contributed by atoms with Crippen molar-refractivity contribution in [3.8, 4) is 33.9 Å². The van der Waals surface area contributed by atoms with Crippen LogP contribution in [0.25, 0.3) is 39.5 Å². The Labute approximate surface area is 177 Å². The molecule has 3 aromatic carbocycles. The smallest absolute Gasteiger partial charge is 0.164 e. The van der Waals surface area contributed by atoms with Crippen LogP contribution in [0.4, 0.5) is 0 Å². The zero-order chi connectivity index (χ0) is 20.8. The van der Waals surface area contributed by atoms with Gasteiger partial charge >= 0.3 is 0 Å². The van der Waals surface area contributed by atoms with E-state index >= 15 is 0 Å². The number of hydrogen-bond donors (Lipinski definition) is 0. The van der Waals surface area contributed by atoms with Crippen LogP contribution in [-0.2, 0) is 0 Å². The Hall–Kier alpha value is -3.85. The minimum atomic E-state index is 0.669. The maximum atomic E-state index is 4.78. The van der Waals surface area contributed by atoms with Gasteiger partial charge in [0, 0.05) is 16.7 Å². The van der Waals surface area contributed by atoms with Crippen LogP contribution in [0.1, 0.15) is 19.7 Å². The van der Waals surface area contributed by atoms with Gasteiger partial charge in [-0.1, -0.05) is 103 Å². The van der Waals surface area contributed by atoms with Crippen molar-refractivity contribution in [3.05, 3.63) is 109 Å². The molecule has 0 saturated carbocycles. The standard InChI is InChI=1S/C27H23N3/c1-3-11-20(4-2)25-28-26(23-14-9-6-10-15-23)30-27(29-25)24-18-16-22(17-19-24)21-12-7-5-8-13-21/h3-19H,1-2H3/b11-3-,20-4+. The highest BCUT2D eigenvalue weighted by Crippen LogP contribution is 2.26. The molecule has 0 aliphatic rings. The lowest BCUT2D eigenvalue weighted by molar-refractivity contribution is 1.04. The van der Waals surface area contributed by atoms with Crippen LogP contribution in [0.15, 0.2) is 103 Å². The molecule has 0 amide bonds. The molecule has 0 saturated heterocycles. The second kappa shape index (κ2) is 9.10. The summed E-state index contributed by atoms with van der Waals surface area (Å²) in [6, 6.07) is 28.7. The van der Waals surface area contributed by atoms with E-state index in [1.54, 1.807) is 0 Å². The maximum absolute atomic E-state index is 4.78. The summed E-state index contributed by atoms with van der Waals surface area (Å²) in [4.78, 5) is 14.3. The normalized spacial score (nSPS) is 11.7. The first kappa shape index (κ1) is 19.5. The van der Waals surface area contributed by atoms with Crippen molar-refractivity contribution >= 4 is 5.57 Å². The molecule has 0 radical (unpaired) electrons. The van der Waals surface area contributed by atoms with Crippen LogP contribution in [-0.4, -0.2) is 15.0 Å². The van der Waals surface area contributed by atoms with Gasteiger partial charge in [0.25, 0.3) is 0 Å². The van der Waals surface area contributed by atoms with Gasteiger partial charge in [0.15, 0.2) is 17.5 Å². The van der Waals surface area contributed by atoms with Gasteiger partial charge in [-0.05, 0) is 25.0 Å². The molecule has 0 bridgehead atoms. The van der Waals surface area contributed by atoms with Gasteiger partial charge < -0.3 is 0 Å². The summed E-state index contributed by atoms with van der Waals surface area (Å²) in [5.74, 6) is 2.01. The number of hydrogen-bond acceptors (Lipinski definition) is 3. The SMILES string of the molecule is C/C=C\C(=C/C)c1nc(-c2ccccc2)nc(-c2ccc(-c3ccccc3)cc2)n1. The Morgan fingerprint density at radius 1 is 0.567 bits per heavy atom. The average molecular weight is 390 g/mol. The van der Waals surface area contributed by atoms with Crippen LogP contribution < -0.4 is 0 Å². The Balaban J connectivity index is 1.80. The van der Waals surface area contributed by atoms with Gasteiger partial charge in [-0.3, -0.25) is 0 Å². The molecule has 30 heavy (non-hydrogen) atoms. The zero-order valence-electron chi connectivity index (χ0n) is 17.2.